The molecule has 2 N–H and O–H groups in total. The maximum absolute atomic E-state index is 12.2. The maximum Gasteiger partial charge on any atom is 0.240 e. The Morgan fingerprint density at radius 3 is 2.62 bits per heavy atom. The van der Waals surface area contributed by atoms with Crippen molar-refractivity contribution >= 4 is 52.2 Å². The number of nitrogens with zero attached hydrogens (tertiary/aromatic N) is 2. The van der Waals surface area contributed by atoms with Gasteiger partial charge in [0.25, 0.3) is 0 Å². The summed E-state index contributed by atoms with van der Waals surface area (Å²) in [6, 6.07) is 24.0. The van der Waals surface area contributed by atoms with Gasteiger partial charge >= 0.3 is 0 Å². The van der Waals surface area contributed by atoms with Gasteiger partial charge in [0.2, 0.25) is 11.8 Å². The van der Waals surface area contributed by atoms with E-state index < -0.39 is 5.25 Å². The Morgan fingerprint density at radius 1 is 1.06 bits per heavy atom. The molecule has 3 aromatic rings. The summed E-state index contributed by atoms with van der Waals surface area (Å²) in [4.78, 5) is 24.5. The lowest BCUT2D eigenvalue weighted by Crippen LogP contribution is -2.28. The average molecular weight is 493 g/mol. The maximum atomic E-state index is 12.2. The van der Waals surface area contributed by atoms with Gasteiger partial charge in [-0.1, -0.05) is 71.9 Å². The number of rotatable bonds is 8. The quantitative estimate of drug-likeness (QED) is 0.346. The van der Waals surface area contributed by atoms with Crippen molar-refractivity contribution in [1.82, 2.24) is 5.32 Å². The van der Waals surface area contributed by atoms with Crippen molar-refractivity contribution < 1.29 is 14.3 Å². The van der Waals surface area contributed by atoms with Crippen molar-refractivity contribution in [3.8, 4) is 5.75 Å². The minimum absolute atomic E-state index is 0.0346. The molecule has 3 aromatic carbocycles. The van der Waals surface area contributed by atoms with Crippen LogP contribution in [0.5, 0.6) is 5.75 Å². The first-order chi connectivity index (χ1) is 16.6. The zero-order valence-corrected chi connectivity index (χ0v) is 19.6. The van der Waals surface area contributed by atoms with Crippen molar-refractivity contribution in [2.24, 2.45) is 10.2 Å². The Kier molecular flexibility index (Phi) is 7.95. The number of hydrogen-bond donors (Lipinski definition) is 2. The van der Waals surface area contributed by atoms with Gasteiger partial charge < -0.3 is 15.4 Å². The van der Waals surface area contributed by atoms with Gasteiger partial charge in [-0.25, -0.2) is 0 Å². The lowest BCUT2D eigenvalue weighted by Gasteiger charge is -2.09. The van der Waals surface area contributed by atoms with Gasteiger partial charge in [0, 0.05) is 28.3 Å². The molecule has 2 amide bonds. The summed E-state index contributed by atoms with van der Waals surface area (Å²) in [6.07, 6.45) is 1.59. The van der Waals surface area contributed by atoms with E-state index in [1.165, 1.54) is 11.8 Å². The first-order valence-corrected chi connectivity index (χ1v) is 11.7. The molecule has 1 aliphatic heterocycles. The van der Waals surface area contributed by atoms with E-state index in [-0.39, 0.29) is 18.2 Å². The van der Waals surface area contributed by atoms with Crippen LogP contribution >= 0.6 is 23.4 Å². The van der Waals surface area contributed by atoms with Crippen molar-refractivity contribution in [3.63, 3.8) is 0 Å². The zero-order valence-electron chi connectivity index (χ0n) is 18.0. The lowest BCUT2D eigenvalue weighted by atomic mass is 10.2. The van der Waals surface area contributed by atoms with Crippen LogP contribution in [0.1, 0.15) is 17.5 Å². The molecule has 0 radical (unpaired) electrons. The van der Waals surface area contributed by atoms with Crippen LogP contribution in [0.2, 0.25) is 5.02 Å². The third kappa shape index (κ3) is 6.46. The number of amidine groups is 1. The van der Waals surface area contributed by atoms with Crippen molar-refractivity contribution in [2.75, 3.05) is 5.32 Å². The highest BCUT2D eigenvalue weighted by molar-refractivity contribution is 8.15. The Hall–Kier alpha value is -3.62. The smallest absolute Gasteiger partial charge is 0.240 e. The minimum atomic E-state index is -0.566. The highest BCUT2D eigenvalue weighted by Crippen LogP contribution is 2.24. The second-order valence-electron chi connectivity index (χ2n) is 7.28. The van der Waals surface area contributed by atoms with Gasteiger partial charge in [0.05, 0.1) is 6.21 Å². The summed E-state index contributed by atoms with van der Waals surface area (Å²) in [5.74, 6) is 0.115. The third-order valence-electron chi connectivity index (χ3n) is 4.81. The summed E-state index contributed by atoms with van der Waals surface area (Å²) in [7, 11) is 0. The van der Waals surface area contributed by atoms with Crippen molar-refractivity contribution in [2.45, 2.75) is 18.3 Å². The molecule has 1 saturated heterocycles. The molecule has 0 aliphatic carbocycles. The topological polar surface area (TPSA) is 92.2 Å². The van der Waals surface area contributed by atoms with Crippen LogP contribution in [-0.4, -0.2) is 28.4 Å². The van der Waals surface area contributed by atoms with Crippen LogP contribution in [0.3, 0.4) is 0 Å². The minimum Gasteiger partial charge on any atom is -0.488 e. The Bertz CT molecular complexity index is 1230. The fourth-order valence-electron chi connectivity index (χ4n) is 3.12. The normalized spacial score (nSPS) is 16.6. The molecule has 9 heteroatoms. The monoisotopic (exact) mass is 492 g/mol. The summed E-state index contributed by atoms with van der Waals surface area (Å²) >= 11 is 7.37. The molecule has 0 aromatic heterocycles. The summed E-state index contributed by atoms with van der Waals surface area (Å²) in [5.41, 5.74) is 2.29. The number of hydrogen-bond acceptors (Lipinski definition) is 6. The first-order valence-electron chi connectivity index (χ1n) is 10.5. The van der Waals surface area contributed by atoms with Gasteiger partial charge in [0.1, 0.15) is 17.6 Å². The summed E-state index contributed by atoms with van der Waals surface area (Å²) in [5, 5.41) is 14.0. The summed E-state index contributed by atoms with van der Waals surface area (Å²) < 4.78 is 5.91. The standard InChI is InChI=1S/C25H21ClN4O3S/c26-20-12-6-4-9-18(20)16-33-21-13-7-5-8-17(21)15-27-30-25-29-24(32)22(34-25)14-23(31)28-19-10-2-1-3-11-19/h1-13,15,22H,14,16H2,(H,28,31)(H,29,30,32)/b27-15+. The molecular formula is C25H21ClN4O3S. The molecule has 0 spiro atoms. The van der Waals surface area contributed by atoms with E-state index in [1.54, 1.807) is 18.3 Å². The zero-order chi connectivity index (χ0) is 23.8. The molecule has 7 nitrogen and oxygen atoms in total. The molecule has 1 aliphatic rings. The second kappa shape index (κ2) is 11.5. The summed E-state index contributed by atoms with van der Waals surface area (Å²) in [6.45, 7) is 0.317. The van der Waals surface area contributed by atoms with Crippen LogP contribution in [0, 0.1) is 0 Å². The van der Waals surface area contributed by atoms with Crippen LogP contribution < -0.4 is 15.4 Å². The van der Waals surface area contributed by atoms with Crippen LogP contribution in [0.4, 0.5) is 5.69 Å². The van der Waals surface area contributed by atoms with Gasteiger partial charge in [-0.15, -0.1) is 5.10 Å². The van der Waals surface area contributed by atoms with Gasteiger partial charge in [-0.05, 0) is 30.3 Å². The van der Waals surface area contributed by atoms with E-state index in [1.807, 2.05) is 66.7 Å². The molecule has 4 rings (SSSR count). The van der Waals surface area contributed by atoms with Gasteiger partial charge in [0.15, 0.2) is 5.17 Å². The molecule has 34 heavy (non-hydrogen) atoms. The number of halogens is 1. The van der Waals surface area contributed by atoms with E-state index in [9.17, 15) is 9.59 Å². The van der Waals surface area contributed by atoms with E-state index >= 15 is 0 Å². The fourth-order valence-corrected chi connectivity index (χ4v) is 4.24. The molecule has 1 unspecified atom stereocenters. The highest BCUT2D eigenvalue weighted by Gasteiger charge is 2.32. The molecule has 1 atom stereocenters. The predicted molar refractivity (Wildman–Crippen MR) is 136 cm³/mol. The second-order valence-corrected chi connectivity index (χ2v) is 8.88. The van der Waals surface area contributed by atoms with Crippen LogP contribution in [0.15, 0.2) is 89.1 Å². The van der Waals surface area contributed by atoms with Crippen molar-refractivity contribution in [3.05, 3.63) is 95.0 Å². The lowest BCUT2D eigenvalue weighted by molar-refractivity contribution is -0.122. The number of nitrogens with one attached hydrogen (secondary N) is 2. The van der Waals surface area contributed by atoms with Gasteiger partial charge in [-0.3, -0.25) is 9.59 Å². The Balaban J connectivity index is 1.34. The number of anilines is 1. The van der Waals surface area contributed by atoms with Crippen LogP contribution in [0.25, 0.3) is 0 Å². The van der Waals surface area contributed by atoms with E-state index in [0.29, 0.717) is 28.2 Å². The Labute approximate surface area is 206 Å². The molecule has 172 valence electrons. The molecule has 1 heterocycles. The number of amides is 2. The van der Waals surface area contributed by atoms with Crippen LogP contribution in [-0.2, 0) is 16.2 Å². The fraction of sp³-hybridized carbons (Fsp3) is 0.120. The van der Waals surface area contributed by atoms with E-state index in [0.717, 1.165) is 11.1 Å². The number of benzene rings is 3. The third-order valence-corrected chi connectivity index (χ3v) is 6.25. The number of carbonyl (C=O) groups is 2. The molecule has 1 fully saturated rings. The first kappa shape index (κ1) is 23.5. The molecule has 0 bridgehead atoms. The number of carbonyl (C=O) groups excluding carboxylic acids is 2. The average Bonchev–Trinajstić information content (AvgIpc) is 3.18. The Morgan fingerprint density at radius 2 is 1.79 bits per heavy atom. The highest BCUT2D eigenvalue weighted by atomic mass is 35.5. The SMILES string of the molecule is O=C(CC1S/C(=N\N=C\c2ccccc2OCc2ccccc2Cl)NC1=O)Nc1ccccc1. The molecule has 0 saturated carbocycles. The number of para-hydroxylation sites is 2. The predicted octanol–water partition coefficient (Wildman–Crippen LogP) is 4.87. The van der Waals surface area contributed by atoms with E-state index in [4.69, 9.17) is 16.3 Å². The van der Waals surface area contributed by atoms with Crippen molar-refractivity contribution in [1.29, 1.82) is 0 Å². The largest absolute Gasteiger partial charge is 0.488 e. The van der Waals surface area contributed by atoms with Gasteiger partial charge in [-0.2, -0.15) is 5.10 Å². The number of thioether (sulfide) groups is 1. The molecular weight excluding hydrogens is 472 g/mol. The van der Waals surface area contributed by atoms with E-state index in [2.05, 4.69) is 20.8 Å². The number of ether oxygens (including phenoxy) is 1.